The van der Waals surface area contributed by atoms with E-state index >= 15 is 0 Å². The van der Waals surface area contributed by atoms with Crippen molar-refractivity contribution < 1.29 is 9.84 Å². The summed E-state index contributed by atoms with van der Waals surface area (Å²) in [7, 11) is 0. The average molecular weight is 278 g/mol. The van der Waals surface area contributed by atoms with Crippen LogP contribution in [0, 0.1) is 0 Å². The molecule has 21 heavy (non-hydrogen) atoms. The highest BCUT2D eigenvalue weighted by atomic mass is 16.5. The fraction of sp³-hybridized carbons (Fsp3) is 0.0526. The molecule has 0 amide bonds. The molecular formula is C19H18O2. The highest BCUT2D eigenvalue weighted by Gasteiger charge is 1.92. The minimum Gasteiger partial charge on any atom is -0.508 e. The predicted octanol–water partition coefficient (Wildman–Crippen LogP) is 4.66. The van der Waals surface area contributed by atoms with Crippen LogP contribution in [0.5, 0.6) is 11.5 Å². The van der Waals surface area contributed by atoms with E-state index in [4.69, 9.17) is 9.84 Å². The van der Waals surface area contributed by atoms with E-state index in [1.807, 2.05) is 54.6 Å². The highest BCUT2D eigenvalue weighted by molar-refractivity contribution is 5.22. The van der Waals surface area contributed by atoms with Gasteiger partial charge in [0.1, 0.15) is 18.1 Å². The van der Waals surface area contributed by atoms with Crippen molar-refractivity contribution in [2.24, 2.45) is 0 Å². The number of aromatic hydroxyl groups is 1. The second-order valence-electron chi connectivity index (χ2n) is 4.42. The number of phenolic OH excluding ortho intramolecular Hbond substituents is 1. The van der Waals surface area contributed by atoms with Gasteiger partial charge >= 0.3 is 0 Å². The van der Waals surface area contributed by atoms with Gasteiger partial charge in [0.05, 0.1) is 0 Å². The van der Waals surface area contributed by atoms with Crippen molar-refractivity contribution in [2.45, 2.75) is 6.61 Å². The second kappa shape index (κ2) is 8.43. The molecule has 3 aromatic rings. The maximum atomic E-state index is 8.63. The number of rotatable bonds is 3. The van der Waals surface area contributed by atoms with Crippen molar-refractivity contribution in [1.82, 2.24) is 0 Å². The molecule has 0 bridgehead atoms. The fourth-order valence-corrected chi connectivity index (χ4v) is 1.69. The quantitative estimate of drug-likeness (QED) is 0.755. The smallest absolute Gasteiger partial charge is 0.119 e. The fourth-order valence-electron chi connectivity index (χ4n) is 1.69. The standard InChI is InChI=1S/C13H12O.C6H6O/c1-3-7-12(8-4-1)11-14-13-9-5-2-6-10-13;7-6-4-2-1-3-5-6/h1-10H,11H2;1-5,7H. The SMILES string of the molecule is Oc1ccccc1.c1ccc(COc2ccccc2)cc1. The minimum absolute atomic E-state index is 0.322. The molecule has 0 unspecified atom stereocenters. The summed E-state index contributed by atoms with van der Waals surface area (Å²) >= 11 is 0. The Morgan fingerprint density at radius 3 is 1.57 bits per heavy atom. The first-order valence-corrected chi connectivity index (χ1v) is 6.80. The van der Waals surface area contributed by atoms with Crippen molar-refractivity contribution in [1.29, 1.82) is 0 Å². The zero-order valence-corrected chi connectivity index (χ0v) is 11.7. The largest absolute Gasteiger partial charge is 0.508 e. The van der Waals surface area contributed by atoms with Gasteiger partial charge in [-0.05, 0) is 29.8 Å². The molecular weight excluding hydrogens is 260 g/mol. The van der Waals surface area contributed by atoms with E-state index < -0.39 is 0 Å². The Kier molecular flexibility index (Phi) is 5.89. The summed E-state index contributed by atoms with van der Waals surface area (Å²) in [6.45, 7) is 0.630. The van der Waals surface area contributed by atoms with Crippen molar-refractivity contribution in [3.05, 3.63) is 96.6 Å². The van der Waals surface area contributed by atoms with Crippen molar-refractivity contribution in [3.8, 4) is 11.5 Å². The Bertz CT molecular complexity index is 567. The van der Waals surface area contributed by atoms with Gasteiger partial charge in [-0.2, -0.15) is 0 Å². The van der Waals surface area contributed by atoms with Crippen LogP contribution in [0.4, 0.5) is 0 Å². The third-order valence-electron chi connectivity index (χ3n) is 2.75. The maximum Gasteiger partial charge on any atom is 0.119 e. The number of phenols is 1. The number of para-hydroxylation sites is 2. The van der Waals surface area contributed by atoms with Crippen LogP contribution in [0.3, 0.4) is 0 Å². The third kappa shape index (κ3) is 5.83. The van der Waals surface area contributed by atoms with Gasteiger partial charge in [-0.25, -0.2) is 0 Å². The molecule has 0 aromatic heterocycles. The first-order valence-electron chi connectivity index (χ1n) is 6.80. The molecule has 2 heteroatoms. The zero-order chi connectivity index (χ0) is 14.8. The molecule has 106 valence electrons. The summed E-state index contributed by atoms with van der Waals surface area (Å²) in [6.07, 6.45) is 0. The molecule has 0 spiro atoms. The number of hydrogen-bond acceptors (Lipinski definition) is 2. The first-order chi connectivity index (χ1) is 10.3. The lowest BCUT2D eigenvalue weighted by molar-refractivity contribution is 0.306. The lowest BCUT2D eigenvalue weighted by Gasteiger charge is -2.05. The molecule has 0 aliphatic rings. The molecule has 2 nitrogen and oxygen atoms in total. The second-order valence-corrected chi connectivity index (χ2v) is 4.42. The molecule has 0 fully saturated rings. The van der Waals surface area contributed by atoms with E-state index in [1.54, 1.807) is 24.3 Å². The third-order valence-corrected chi connectivity index (χ3v) is 2.75. The van der Waals surface area contributed by atoms with Gasteiger partial charge in [-0.1, -0.05) is 66.7 Å². The van der Waals surface area contributed by atoms with Gasteiger partial charge in [0, 0.05) is 0 Å². The van der Waals surface area contributed by atoms with E-state index in [0.29, 0.717) is 12.4 Å². The lowest BCUT2D eigenvalue weighted by atomic mass is 10.2. The van der Waals surface area contributed by atoms with Gasteiger partial charge in [0.15, 0.2) is 0 Å². The minimum atomic E-state index is 0.322. The Labute approximate surface area is 125 Å². The van der Waals surface area contributed by atoms with Crippen molar-refractivity contribution in [2.75, 3.05) is 0 Å². The summed E-state index contributed by atoms with van der Waals surface area (Å²) in [4.78, 5) is 0. The van der Waals surface area contributed by atoms with Gasteiger partial charge in [-0.3, -0.25) is 0 Å². The Morgan fingerprint density at radius 1 is 0.619 bits per heavy atom. The van der Waals surface area contributed by atoms with Crippen LogP contribution in [0.25, 0.3) is 0 Å². The molecule has 0 saturated carbocycles. The summed E-state index contributed by atoms with van der Waals surface area (Å²) in [5.41, 5.74) is 1.19. The summed E-state index contributed by atoms with van der Waals surface area (Å²) in [5.74, 6) is 1.24. The van der Waals surface area contributed by atoms with Crippen LogP contribution in [0.1, 0.15) is 5.56 Å². The van der Waals surface area contributed by atoms with E-state index in [-0.39, 0.29) is 0 Å². The highest BCUT2D eigenvalue weighted by Crippen LogP contribution is 2.11. The van der Waals surface area contributed by atoms with Crippen LogP contribution >= 0.6 is 0 Å². The monoisotopic (exact) mass is 278 g/mol. The van der Waals surface area contributed by atoms with Gasteiger partial charge in [-0.15, -0.1) is 0 Å². The van der Waals surface area contributed by atoms with Crippen molar-refractivity contribution >= 4 is 0 Å². The van der Waals surface area contributed by atoms with Crippen LogP contribution in [0.2, 0.25) is 0 Å². The molecule has 1 N–H and O–H groups in total. The molecule has 0 saturated heterocycles. The molecule has 3 aromatic carbocycles. The number of benzene rings is 3. The number of ether oxygens (including phenoxy) is 1. The molecule has 0 radical (unpaired) electrons. The Balaban J connectivity index is 0.000000194. The first kappa shape index (κ1) is 14.7. The Hall–Kier alpha value is -2.74. The molecule has 0 aliphatic heterocycles. The predicted molar refractivity (Wildman–Crippen MR) is 85.3 cm³/mol. The lowest BCUT2D eigenvalue weighted by Crippen LogP contribution is -1.94. The summed E-state index contributed by atoms with van der Waals surface area (Å²) in [6, 6.07) is 28.7. The number of hydrogen-bond donors (Lipinski definition) is 1. The molecule has 0 aliphatic carbocycles. The molecule has 0 atom stereocenters. The Morgan fingerprint density at radius 2 is 1.10 bits per heavy atom. The van der Waals surface area contributed by atoms with Gasteiger partial charge < -0.3 is 9.84 Å². The van der Waals surface area contributed by atoms with Crippen LogP contribution in [-0.4, -0.2) is 5.11 Å². The van der Waals surface area contributed by atoms with E-state index in [2.05, 4.69) is 12.1 Å². The van der Waals surface area contributed by atoms with Crippen LogP contribution in [-0.2, 0) is 6.61 Å². The molecule has 3 rings (SSSR count). The maximum absolute atomic E-state index is 8.63. The van der Waals surface area contributed by atoms with Gasteiger partial charge in [0.25, 0.3) is 0 Å². The normalized spacial score (nSPS) is 9.33. The zero-order valence-electron chi connectivity index (χ0n) is 11.7. The van der Waals surface area contributed by atoms with Crippen molar-refractivity contribution in [3.63, 3.8) is 0 Å². The molecule has 0 heterocycles. The summed E-state index contributed by atoms with van der Waals surface area (Å²) in [5, 5.41) is 8.63. The van der Waals surface area contributed by atoms with Gasteiger partial charge in [0.2, 0.25) is 0 Å². The van der Waals surface area contributed by atoms with E-state index in [0.717, 1.165) is 5.75 Å². The van der Waals surface area contributed by atoms with E-state index in [1.165, 1.54) is 5.56 Å². The topological polar surface area (TPSA) is 29.5 Å². The van der Waals surface area contributed by atoms with Crippen LogP contribution < -0.4 is 4.74 Å². The average Bonchev–Trinajstić information content (AvgIpc) is 2.56. The van der Waals surface area contributed by atoms with E-state index in [9.17, 15) is 0 Å². The summed E-state index contributed by atoms with van der Waals surface area (Å²) < 4.78 is 5.59. The van der Waals surface area contributed by atoms with Crippen LogP contribution in [0.15, 0.2) is 91.0 Å².